The smallest absolute Gasteiger partial charge is 0.328 e. The molecule has 3 atom stereocenters. The minimum absolute atomic E-state index is 0.214. The second-order valence-electron chi connectivity index (χ2n) is 8.86. The second-order valence-corrected chi connectivity index (χ2v) is 8.86. The van der Waals surface area contributed by atoms with Crippen molar-refractivity contribution in [1.29, 1.82) is 0 Å². The molecular weight excluding hydrogens is 406 g/mol. The van der Waals surface area contributed by atoms with Gasteiger partial charge in [-0.15, -0.1) is 0 Å². The van der Waals surface area contributed by atoms with Gasteiger partial charge in [-0.3, -0.25) is 9.36 Å². The highest BCUT2D eigenvalue weighted by Gasteiger charge is 2.40. The van der Waals surface area contributed by atoms with E-state index in [2.05, 4.69) is 22.4 Å². The van der Waals surface area contributed by atoms with E-state index in [0.29, 0.717) is 41.5 Å². The number of benzene rings is 2. The van der Waals surface area contributed by atoms with Crippen LogP contribution in [-0.4, -0.2) is 36.4 Å². The molecule has 2 aromatic carbocycles. The Kier molecular flexibility index (Phi) is 5.29. The van der Waals surface area contributed by atoms with E-state index in [0.717, 1.165) is 30.7 Å². The topological polar surface area (TPSA) is 85.3 Å². The van der Waals surface area contributed by atoms with Crippen LogP contribution in [0.1, 0.15) is 35.4 Å². The summed E-state index contributed by atoms with van der Waals surface area (Å²) in [5.74, 6) is 2.55. The number of ether oxygens (including phenoxy) is 2. The first kappa shape index (κ1) is 20.8. The molecule has 5 rings (SSSR count). The van der Waals surface area contributed by atoms with Crippen LogP contribution in [0.2, 0.25) is 0 Å². The number of nitrogens with zero attached hydrogens (tertiary/aromatic N) is 1. The number of aromatic amines is 1. The quantitative estimate of drug-likeness (QED) is 0.644. The van der Waals surface area contributed by atoms with Gasteiger partial charge < -0.3 is 19.8 Å². The Morgan fingerprint density at radius 3 is 2.69 bits per heavy atom. The Labute approximate surface area is 186 Å². The fraction of sp³-hybridized carbons (Fsp3) is 0.440. The highest BCUT2D eigenvalue weighted by Crippen LogP contribution is 2.45. The number of methoxy groups -OCH3 is 2. The van der Waals surface area contributed by atoms with E-state index in [9.17, 15) is 9.59 Å². The molecule has 3 aromatic rings. The third kappa shape index (κ3) is 3.23. The monoisotopic (exact) mass is 435 g/mol. The van der Waals surface area contributed by atoms with Crippen molar-refractivity contribution >= 4 is 10.9 Å². The van der Waals surface area contributed by atoms with Crippen molar-refractivity contribution in [1.82, 2.24) is 14.9 Å². The molecule has 0 radical (unpaired) electrons. The van der Waals surface area contributed by atoms with Crippen LogP contribution in [0.4, 0.5) is 0 Å². The van der Waals surface area contributed by atoms with Crippen LogP contribution in [0.15, 0.2) is 39.9 Å². The number of nitrogens with one attached hydrogen (secondary N) is 2. The summed E-state index contributed by atoms with van der Waals surface area (Å²) in [5.41, 5.74) is 3.32. The first-order chi connectivity index (χ1) is 15.5. The maximum atomic E-state index is 13.1. The van der Waals surface area contributed by atoms with Gasteiger partial charge in [-0.1, -0.05) is 12.1 Å². The number of aromatic nitrogens is 2. The summed E-state index contributed by atoms with van der Waals surface area (Å²) in [4.78, 5) is 28.8. The maximum Gasteiger partial charge on any atom is 0.328 e. The van der Waals surface area contributed by atoms with Gasteiger partial charge in [0.2, 0.25) is 0 Å². The van der Waals surface area contributed by atoms with Gasteiger partial charge in [-0.2, -0.15) is 0 Å². The van der Waals surface area contributed by atoms with Crippen LogP contribution < -0.4 is 26.0 Å². The standard InChI is InChI=1S/C25H29N3O4/c1-14-20(31-2)10-9-18-23(14)27-25(30)28(24(18)29)12-11-19-22-15(13-26-19)7-8-16-17(22)5-4-6-21(16)32-3/h4-6,9-10,15,19,22,26H,7-8,11-13H2,1-3H3,(H,27,30)/t15-,19?,22+/m0/s1. The van der Waals surface area contributed by atoms with Crippen LogP contribution in [0.5, 0.6) is 11.5 Å². The summed E-state index contributed by atoms with van der Waals surface area (Å²) < 4.78 is 12.3. The predicted octanol–water partition coefficient (Wildman–Crippen LogP) is 2.72. The van der Waals surface area contributed by atoms with Crippen LogP contribution in [0, 0.1) is 12.8 Å². The lowest BCUT2D eigenvalue weighted by Gasteiger charge is -2.32. The summed E-state index contributed by atoms with van der Waals surface area (Å²) in [6.07, 6.45) is 2.86. The van der Waals surface area contributed by atoms with Crippen molar-refractivity contribution in [3.8, 4) is 11.5 Å². The third-order valence-electron chi connectivity index (χ3n) is 7.35. The highest BCUT2D eigenvalue weighted by molar-refractivity contribution is 5.82. The Hall–Kier alpha value is -3.06. The molecule has 2 N–H and O–H groups in total. The minimum atomic E-state index is -0.376. The van der Waals surface area contributed by atoms with Crippen LogP contribution in [0.3, 0.4) is 0 Å². The number of aryl methyl sites for hydroxylation is 1. The van der Waals surface area contributed by atoms with Crippen molar-refractivity contribution in [3.05, 3.63) is 67.9 Å². The van der Waals surface area contributed by atoms with Crippen molar-refractivity contribution < 1.29 is 9.47 Å². The molecule has 1 aliphatic carbocycles. The Bertz CT molecular complexity index is 1290. The molecule has 1 aromatic heterocycles. The highest BCUT2D eigenvalue weighted by atomic mass is 16.5. The molecule has 2 aliphatic rings. The van der Waals surface area contributed by atoms with Gasteiger partial charge in [0.1, 0.15) is 11.5 Å². The van der Waals surface area contributed by atoms with E-state index in [1.165, 1.54) is 15.7 Å². The van der Waals surface area contributed by atoms with E-state index >= 15 is 0 Å². The molecule has 0 amide bonds. The van der Waals surface area contributed by atoms with Gasteiger partial charge >= 0.3 is 5.69 Å². The lowest BCUT2D eigenvalue weighted by Crippen LogP contribution is -2.38. The summed E-state index contributed by atoms with van der Waals surface area (Å²) in [5, 5.41) is 4.17. The van der Waals surface area contributed by atoms with Gasteiger partial charge in [0.15, 0.2) is 0 Å². The second kappa shape index (κ2) is 8.13. The largest absolute Gasteiger partial charge is 0.496 e. The molecule has 1 aliphatic heterocycles. The van der Waals surface area contributed by atoms with Crippen LogP contribution in [-0.2, 0) is 13.0 Å². The summed E-state index contributed by atoms with van der Waals surface area (Å²) in [6.45, 7) is 3.18. The Morgan fingerprint density at radius 2 is 1.91 bits per heavy atom. The van der Waals surface area contributed by atoms with E-state index in [4.69, 9.17) is 9.47 Å². The number of rotatable bonds is 5. The van der Waals surface area contributed by atoms with Gasteiger partial charge in [-0.05, 0) is 68.0 Å². The molecule has 0 saturated carbocycles. The van der Waals surface area contributed by atoms with Crippen molar-refractivity contribution in [2.45, 2.75) is 44.7 Å². The molecule has 7 heteroatoms. The zero-order valence-electron chi connectivity index (χ0n) is 18.7. The molecular formula is C25H29N3O4. The molecule has 1 fully saturated rings. The lowest BCUT2D eigenvalue weighted by atomic mass is 9.73. The number of hydrogen-bond acceptors (Lipinski definition) is 5. The van der Waals surface area contributed by atoms with Crippen LogP contribution >= 0.6 is 0 Å². The zero-order valence-corrected chi connectivity index (χ0v) is 18.7. The first-order valence-electron chi connectivity index (χ1n) is 11.2. The lowest BCUT2D eigenvalue weighted by molar-refractivity contribution is 0.371. The van der Waals surface area contributed by atoms with Crippen molar-refractivity contribution in [2.24, 2.45) is 5.92 Å². The van der Waals surface area contributed by atoms with E-state index in [1.807, 2.05) is 13.0 Å². The number of hydrogen-bond donors (Lipinski definition) is 2. The number of H-pyrrole nitrogens is 1. The third-order valence-corrected chi connectivity index (χ3v) is 7.35. The van der Waals surface area contributed by atoms with Gasteiger partial charge in [0.05, 0.1) is 25.1 Å². The summed E-state index contributed by atoms with van der Waals surface area (Å²) >= 11 is 0. The molecule has 7 nitrogen and oxygen atoms in total. The maximum absolute atomic E-state index is 13.1. The van der Waals surface area contributed by atoms with Gasteiger partial charge in [0, 0.05) is 24.1 Å². The van der Waals surface area contributed by atoms with Gasteiger partial charge in [0.25, 0.3) is 5.56 Å². The summed E-state index contributed by atoms with van der Waals surface area (Å²) in [6, 6.07) is 10.0. The van der Waals surface area contributed by atoms with E-state index in [-0.39, 0.29) is 17.3 Å². The van der Waals surface area contributed by atoms with Crippen molar-refractivity contribution in [3.63, 3.8) is 0 Å². The van der Waals surface area contributed by atoms with E-state index in [1.54, 1.807) is 26.4 Å². The average Bonchev–Trinajstić information content (AvgIpc) is 3.23. The molecule has 32 heavy (non-hydrogen) atoms. The Balaban J connectivity index is 1.45. The first-order valence-corrected chi connectivity index (χ1v) is 11.2. The van der Waals surface area contributed by atoms with E-state index < -0.39 is 0 Å². The average molecular weight is 436 g/mol. The fourth-order valence-electron chi connectivity index (χ4n) is 5.74. The van der Waals surface area contributed by atoms with Crippen LogP contribution in [0.25, 0.3) is 10.9 Å². The molecule has 2 heterocycles. The normalized spacial score (nSPS) is 21.9. The minimum Gasteiger partial charge on any atom is -0.496 e. The van der Waals surface area contributed by atoms with Gasteiger partial charge in [-0.25, -0.2) is 4.79 Å². The molecule has 0 spiro atoms. The Morgan fingerprint density at radius 1 is 1.09 bits per heavy atom. The number of fused-ring (bicyclic) bond motifs is 4. The molecule has 1 unspecified atom stereocenters. The predicted molar refractivity (Wildman–Crippen MR) is 124 cm³/mol. The summed E-state index contributed by atoms with van der Waals surface area (Å²) in [7, 11) is 3.30. The fourth-order valence-corrected chi connectivity index (χ4v) is 5.74. The van der Waals surface area contributed by atoms with Crippen molar-refractivity contribution in [2.75, 3.05) is 20.8 Å². The molecule has 0 bridgehead atoms. The zero-order chi connectivity index (χ0) is 22.4. The SMILES string of the molecule is COc1cccc2c1CC[C@H]1CNC(CCn3c(=O)[nH]c4c(C)c(OC)ccc4c3=O)[C@@H]21. The molecule has 168 valence electrons. The molecule has 1 saturated heterocycles.